The third-order valence-electron chi connectivity index (χ3n) is 6.24. The summed E-state index contributed by atoms with van der Waals surface area (Å²) in [5.74, 6) is -0.291. The molecule has 32 heavy (non-hydrogen) atoms. The molecular weight excluding hydrogens is 409 g/mol. The smallest absolute Gasteiger partial charge is 0.251 e. The van der Waals surface area contributed by atoms with Gasteiger partial charge in [0, 0.05) is 50.5 Å². The number of likely N-dealkylation sites (tertiary alicyclic amines) is 1. The molecule has 2 aliphatic heterocycles. The molecular formula is C24H30FN5O2. The second-order valence-electron chi connectivity index (χ2n) is 8.70. The highest BCUT2D eigenvalue weighted by molar-refractivity contribution is 5.95. The fourth-order valence-electron chi connectivity index (χ4n) is 4.29. The first-order valence-corrected chi connectivity index (χ1v) is 11.0. The molecule has 0 saturated carbocycles. The van der Waals surface area contributed by atoms with Gasteiger partial charge in [0.05, 0.1) is 0 Å². The second kappa shape index (κ2) is 9.67. The molecule has 0 aliphatic carbocycles. The summed E-state index contributed by atoms with van der Waals surface area (Å²) in [5.41, 5.74) is 8.81. The van der Waals surface area contributed by atoms with E-state index in [1.54, 1.807) is 12.1 Å². The minimum atomic E-state index is -0.315. The van der Waals surface area contributed by atoms with E-state index in [9.17, 15) is 14.0 Å². The Morgan fingerprint density at radius 2 is 1.78 bits per heavy atom. The van der Waals surface area contributed by atoms with E-state index in [2.05, 4.69) is 16.2 Å². The molecule has 0 radical (unpaired) electrons. The lowest BCUT2D eigenvalue weighted by molar-refractivity contribution is -0.134. The molecule has 2 aromatic rings. The van der Waals surface area contributed by atoms with Gasteiger partial charge in [0.2, 0.25) is 5.91 Å². The van der Waals surface area contributed by atoms with Crippen LogP contribution in [0.15, 0.2) is 48.5 Å². The molecule has 7 nitrogen and oxygen atoms in total. The van der Waals surface area contributed by atoms with E-state index in [0.29, 0.717) is 25.1 Å². The Morgan fingerprint density at radius 1 is 1.06 bits per heavy atom. The van der Waals surface area contributed by atoms with Gasteiger partial charge in [-0.25, -0.2) is 15.2 Å². The van der Waals surface area contributed by atoms with Crippen molar-refractivity contribution in [3.05, 3.63) is 65.5 Å². The summed E-state index contributed by atoms with van der Waals surface area (Å²) in [7, 11) is 3.89. The van der Waals surface area contributed by atoms with Crippen molar-refractivity contribution in [1.29, 1.82) is 0 Å². The van der Waals surface area contributed by atoms with Crippen LogP contribution in [0.5, 0.6) is 0 Å². The maximum absolute atomic E-state index is 13.2. The highest BCUT2D eigenvalue weighted by Crippen LogP contribution is 2.24. The van der Waals surface area contributed by atoms with E-state index < -0.39 is 0 Å². The van der Waals surface area contributed by atoms with Crippen LogP contribution in [0.1, 0.15) is 41.2 Å². The van der Waals surface area contributed by atoms with Crippen LogP contribution in [0, 0.1) is 5.82 Å². The number of carbonyl (C=O) groups is 2. The molecule has 2 aromatic carbocycles. The van der Waals surface area contributed by atoms with Crippen LogP contribution in [-0.2, 0) is 4.79 Å². The molecule has 170 valence electrons. The number of rotatable bonds is 5. The van der Waals surface area contributed by atoms with Gasteiger partial charge >= 0.3 is 0 Å². The summed E-state index contributed by atoms with van der Waals surface area (Å²) in [6, 6.07) is 13.6. The van der Waals surface area contributed by atoms with Crippen LogP contribution < -0.4 is 21.1 Å². The summed E-state index contributed by atoms with van der Waals surface area (Å²) in [6.07, 6.45) is 2.07. The van der Waals surface area contributed by atoms with E-state index in [0.717, 1.165) is 24.1 Å². The minimum absolute atomic E-state index is 0.0284. The molecule has 2 saturated heterocycles. The topological polar surface area (TPSA) is 76.7 Å². The molecule has 2 atom stereocenters. The number of anilines is 1. The zero-order valence-corrected chi connectivity index (χ0v) is 18.5. The first kappa shape index (κ1) is 22.2. The van der Waals surface area contributed by atoms with Gasteiger partial charge in [0.1, 0.15) is 11.9 Å². The molecule has 0 bridgehead atoms. The van der Waals surface area contributed by atoms with E-state index in [1.807, 2.05) is 48.2 Å². The highest BCUT2D eigenvalue weighted by Gasteiger charge is 2.34. The normalized spacial score (nSPS) is 21.4. The Bertz CT molecular complexity index is 957. The summed E-state index contributed by atoms with van der Waals surface area (Å²) < 4.78 is 13.2. The fourth-order valence-corrected chi connectivity index (χ4v) is 4.29. The molecule has 2 unspecified atom stereocenters. The van der Waals surface area contributed by atoms with Crippen molar-refractivity contribution in [2.75, 3.05) is 32.1 Å². The van der Waals surface area contributed by atoms with Crippen molar-refractivity contribution in [3.8, 4) is 0 Å². The zero-order chi connectivity index (χ0) is 22.7. The first-order valence-electron chi connectivity index (χ1n) is 11.0. The lowest BCUT2D eigenvalue weighted by atomic mass is 9.99. The quantitative estimate of drug-likeness (QED) is 0.666. The average Bonchev–Trinajstić information content (AvgIpc) is 3.30. The minimum Gasteiger partial charge on any atom is -0.378 e. The number of benzene rings is 2. The molecule has 3 N–H and O–H groups in total. The van der Waals surface area contributed by atoms with Gasteiger partial charge in [-0.15, -0.1) is 0 Å². The Morgan fingerprint density at radius 3 is 2.47 bits per heavy atom. The van der Waals surface area contributed by atoms with Crippen LogP contribution >= 0.6 is 0 Å². The van der Waals surface area contributed by atoms with Gasteiger partial charge in [-0.2, -0.15) is 0 Å². The maximum Gasteiger partial charge on any atom is 0.251 e. The van der Waals surface area contributed by atoms with Crippen LogP contribution in [-0.4, -0.2) is 56.0 Å². The van der Waals surface area contributed by atoms with Crippen LogP contribution in [0.4, 0.5) is 10.1 Å². The van der Waals surface area contributed by atoms with Gasteiger partial charge in [-0.3, -0.25) is 9.59 Å². The first-order chi connectivity index (χ1) is 15.4. The lowest BCUT2D eigenvalue weighted by Crippen LogP contribution is -2.51. The van der Waals surface area contributed by atoms with Gasteiger partial charge in [-0.05, 0) is 55.2 Å². The van der Waals surface area contributed by atoms with Crippen LogP contribution in [0.25, 0.3) is 0 Å². The van der Waals surface area contributed by atoms with Crippen molar-refractivity contribution in [3.63, 3.8) is 0 Å². The summed E-state index contributed by atoms with van der Waals surface area (Å²) in [4.78, 5) is 29.4. The lowest BCUT2D eigenvalue weighted by Gasteiger charge is -2.33. The zero-order valence-electron chi connectivity index (χ0n) is 18.5. The monoisotopic (exact) mass is 439 g/mol. The van der Waals surface area contributed by atoms with E-state index >= 15 is 0 Å². The van der Waals surface area contributed by atoms with Crippen molar-refractivity contribution < 1.29 is 14.0 Å². The van der Waals surface area contributed by atoms with Crippen molar-refractivity contribution in [2.45, 2.75) is 37.4 Å². The molecule has 2 aliphatic rings. The number of piperidine rings is 1. The highest BCUT2D eigenvalue weighted by atomic mass is 19.1. The van der Waals surface area contributed by atoms with Gasteiger partial charge < -0.3 is 15.1 Å². The number of hydrazine groups is 1. The molecule has 0 aromatic heterocycles. The number of hydrogen-bond donors (Lipinski definition) is 3. The predicted molar refractivity (Wildman–Crippen MR) is 122 cm³/mol. The Balaban J connectivity index is 1.26. The second-order valence-corrected chi connectivity index (χ2v) is 8.70. The van der Waals surface area contributed by atoms with E-state index in [4.69, 9.17) is 0 Å². The third kappa shape index (κ3) is 5.08. The van der Waals surface area contributed by atoms with Crippen LogP contribution in [0.3, 0.4) is 0 Å². The predicted octanol–water partition coefficient (Wildman–Crippen LogP) is 2.22. The number of hydrogen-bond acceptors (Lipinski definition) is 5. The summed E-state index contributed by atoms with van der Waals surface area (Å²) in [5, 5.41) is 3.11. The Kier molecular flexibility index (Phi) is 6.72. The Hall–Kier alpha value is -2.97. The van der Waals surface area contributed by atoms with E-state index in [1.165, 1.54) is 12.1 Å². The van der Waals surface area contributed by atoms with Gasteiger partial charge in [0.25, 0.3) is 5.91 Å². The molecule has 2 heterocycles. The molecule has 2 fully saturated rings. The fraction of sp³-hybridized carbons (Fsp3) is 0.417. The number of nitrogens with one attached hydrogen (secondary N) is 3. The number of halogens is 1. The van der Waals surface area contributed by atoms with E-state index in [-0.39, 0.29) is 35.8 Å². The largest absolute Gasteiger partial charge is 0.378 e. The number of carbonyl (C=O) groups excluding carboxylic acids is 2. The van der Waals surface area contributed by atoms with Crippen molar-refractivity contribution in [2.24, 2.45) is 0 Å². The summed E-state index contributed by atoms with van der Waals surface area (Å²) in [6.45, 7) is 1.22. The third-order valence-corrected chi connectivity index (χ3v) is 6.24. The van der Waals surface area contributed by atoms with Crippen molar-refractivity contribution >= 4 is 17.5 Å². The van der Waals surface area contributed by atoms with Gasteiger partial charge in [-0.1, -0.05) is 18.2 Å². The van der Waals surface area contributed by atoms with Gasteiger partial charge in [0.15, 0.2) is 0 Å². The molecule has 8 heteroatoms. The summed E-state index contributed by atoms with van der Waals surface area (Å²) >= 11 is 0. The molecule has 4 rings (SSSR count). The van der Waals surface area contributed by atoms with Crippen LogP contribution in [0.2, 0.25) is 0 Å². The number of amides is 2. The Labute approximate surface area is 187 Å². The number of nitrogens with zero attached hydrogens (tertiary/aromatic N) is 2. The maximum atomic E-state index is 13.2. The molecule has 2 amide bonds. The van der Waals surface area contributed by atoms with Crippen molar-refractivity contribution in [1.82, 2.24) is 21.1 Å². The molecule has 0 spiro atoms. The average molecular weight is 440 g/mol. The standard InChI is InChI=1S/C24H30FN5O2/c1-29(2)20-5-3-4-17(14-20)23(31)26-19-10-12-30(13-11-19)24(32)22-15-21(27-28-22)16-6-8-18(25)9-7-16/h3-9,14,19,21-22,27-28H,10-13,15H2,1-2H3,(H,26,31). The SMILES string of the molecule is CN(C)c1cccc(C(=O)NC2CCN(C(=O)C3CC(c4ccc(F)cc4)NN3)CC2)c1.